The number of hydrogen-bond donors (Lipinski definition) is 3. The first-order valence-electron chi connectivity index (χ1n) is 4.91. The van der Waals surface area contributed by atoms with E-state index in [1.807, 2.05) is 13.8 Å². The van der Waals surface area contributed by atoms with Crippen molar-refractivity contribution in [2.24, 2.45) is 10.7 Å². The van der Waals surface area contributed by atoms with Gasteiger partial charge in [0.25, 0.3) is 0 Å². The predicted molar refractivity (Wildman–Crippen MR) is 62.2 cm³/mol. The second kappa shape index (κ2) is 6.62. The van der Waals surface area contributed by atoms with Crippen LogP contribution in [0.4, 0.5) is 0 Å². The standard InChI is InChI=1S/C8H20N4O2S/c1-4-11-15(13,14)6-5-10-8(9)12-7(2)3/h7,11H,4-6H2,1-3H3,(H3,9,10,12). The van der Waals surface area contributed by atoms with Gasteiger partial charge >= 0.3 is 0 Å². The lowest BCUT2D eigenvalue weighted by molar-refractivity contribution is 0.583. The molecule has 0 bridgehead atoms. The van der Waals surface area contributed by atoms with Crippen molar-refractivity contribution in [2.75, 3.05) is 18.8 Å². The van der Waals surface area contributed by atoms with Gasteiger partial charge < -0.3 is 11.1 Å². The van der Waals surface area contributed by atoms with Gasteiger partial charge in [-0.1, -0.05) is 6.92 Å². The Hall–Kier alpha value is -0.820. The van der Waals surface area contributed by atoms with Crippen molar-refractivity contribution in [1.82, 2.24) is 10.0 Å². The Balaban J connectivity index is 3.97. The molecule has 6 nitrogen and oxygen atoms in total. The number of sulfonamides is 1. The summed E-state index contributed by atoms with van der Waals surface area (Å²) in [6, 6.07) is 0.194. The summed E-state index contributed by atoms with van der Waals surface area (Å²) in [5.41, 5.74) is 5.50. The third kappa shape index (κ3) is 8.19. The quantitative estimate of drug-likeness (QED) is 0.417. The summed E-state index contributed by atoms with van der Waals surface area (Å²) in [6.45, 7) is 6.15. The van der Waals surface area contributed by atoms with Crippen LogP contribution in [0.5, 0.6) is 0 Å². The molecular weight excluding hydrogens is 216 g/mol. The molecule has 0 fully saturated rings. The first-order valence-corrected chi connectivity index (χ1v) is 6.56. The van der Waals surface area contributed by atoms with Crippen LogP contribution in [0, 0.1) is 0 Å². The van der Waals surface area contributed by atoms with E-state index in [2.05, 4.69) is 15.0 Å². The summed E-state index contributed by atoms with van der Waals surface area (Å²) in [5.74, 6) is 0.234. The van der Waals surface area contributed by atoms with Gasteiger partial charge in [-0.3, -0.25) is 4.99 Å². The van der Waals surface area contributed by atoms with Crippen LogP contribution >= 0.6 is 0 Å². The molecule has 15 heavy (non-hydrogen) atoms. The molecule has 7 heteroatoms. The molecule has 0 saturated carbocycles. The van der Waals surface area contributed by atoms with Crippen LogP contribution < -0.4 is 15.8 Å². The topological polar surface area (TPSA) is 96.6 Å². The van der Waals surface area contributed by atoms with Gasteiger partial charge in [-0.25, -0.2) is 13.1 Å². The van der Waals surface area contributed by atoms with Crippen molar-refractivity contribution < 1.29 is 8.42 Å². The maximum atomic E-state index is 11.2. The third-order valence-corrected chi connectivity index (χ3v) is 2.89. The van der Waals surface area contributed by atoms with E-state index in [-0.39, 0.29) is 24.3 Å². The van der Waals surface area contributed by atoms with E-state index in [9.17, 15) is 8.42 Å². The number of nitrogens with one attached hydrogen (secondary N) is 2. The van der Waals surface area contributed by atoms with Gasteiger partial charge in [0, 0.05) is 12.6 Å². The van der Waals surface area contributed by atoms with Gasteiger partial charge in [0.2, 0.25) is 10.0 Å². The number of aliphatic imine (C=N–C) groups is 1. The van der Waals surface area contributed by atoms with Gasteiger partial charge in [-0.15, -0.1) is 0 Å². The average molecular weight is 236 g/mol. The Morgan fingerprint density at radius 3 is 2.53 bits per heavy atom. The van der Waals surface area contributed by atoms with E-state index in [1.54, 1.807) is 6.92 Å². The molecule has 0 aromatic heterocycles. The molecule has 0 aromatic carbocycles. The summed E-state index contributed by atoms with van der Waals surface area (Å²) in [7, 11) is -3.20. The van der Waals surface area contributed by atoms with Gasteiger partial charge in [0.05, 0.1) is 12.3 Å². The van der Waals surface area contributed by atoms with Crippen LogP contribution in [0.15, 0.2) is 4.99 Å². The molecule has 4 N–H and O–H groups in total. The van der Waals surface area contributed by atoms with Crippen molar-refractivity contribution in [1.29, 1.82) is 0 Å². The highest BCUT2D eigenvalue weighted by Gasteiger charge is 2.06. The fourth-order valence-electron chi connectivity index (χ4n) is 0.920. The molecule has 0 rings (SSSR count). The Kier molecular flexibility index (Phi) is 6.26. The third-order valence-electron chi connectivity index (χ3n) is 1.44. The highest BCUT2D eigenvalue weighted by molar-refractivity contribution is 7.89. The molecule has 0 amide bonds. The van der Waals surface area contributed by atoms with Crippen LogP contribution in [0.3, 0.4) is 0 Å². The largest absolute Gasteiger partial charge is 0.370 e. The average Bonchev–Trinajstić information content (AvgIpc) is 2.01. The lowest BCUT2D eigenvalue weighted by Gasteiger charge is -2.08. The summed E-state index contributed by atoms with van der Waals surface area (Å²) in [5, 5.41) is 2.87. The lowest BCUT2D eigenvalue weighted by Crippen LogP contribution is -2.37. The zero-order valence-electron chi connectivity index (χ0n) is 9.45. The number of nitrogens with zero attached hydrogens (tertiary/aromatic N) is 1. The van der Waals surface area contributed by atoms with E-state index in [4.69, 9.17) is 5.73 Å². The first kappa shape index (κ1) is 14.2. The van der Waals surface area contributed by atoms with Gasteiger partial charge in [-0.2, -0.15) is 0 Å². The second-order valence-electron chi connectivity index (χ2n) is 3.38. The number of rotatable bonds is 6. The molecule has 0 heterocycles. The maximum Gasteiger partial charge on any atom is 0.213 e. The van der Waals surface area contributed by atoms with Gasteiger partial charge in [-0.05, 0) is 13.8 Å². The highest BCUT2D eigenvalue weighted by atomic mass is 32.2. The Morgan fingerprint density at radius 2 is 2.07 bits per heavy atom. The van der Waals surface area contributed by atoms with Crippen molar-refractivity contribution in [3.8, 4) is 0 Å². The SMILES string of the molecule is CCNS(=O)(=O)CCN=C(N)NC(C)C. The number of hydrogen-bond acceptors (Lipinski definition) is 3. The highest BCUT2D eigenvalue weighted by Crippen LogP contribution is 1.84. The minimum absolute atomic E-state index is 0.0404. The van der Waals surface area contributed by atoms with Crippen molar-refractivity contribution in [3.05, 3.63) is 0 Å². The molecule has 0 radical (unpaired) electrons. The first-order chi connectivity index (χ1) is 6.87. The Bertz CT molecular complexity index is 298. The summed E-state index contributed by atoms with van der Waals surface area (Å²) >= 11 is 0. The van der Waals surface area contributed by atoms with E-state index >= 15 is 0 Å². The van der Waals surface area contributed by atoms with Crippen molar-refractivity contribution in [2.45, 2.75) is 26.8 Å². The van der Waals surface area contributed by atoms with E-state index in [0.29, 0.717) is 6.54 Å². The molecule has 90 valence electrons. The molecule has 0 spiro atoms. The minimum Gasteiger partial charge on any atom is -0.370 e. The van der Waals surface area contributed by atoms with E-state index < -0.39 is 10.0 Å². The van der Waals surface area contributed by atoms with Crippen LogP contribution in [0.25, 0.3) is 0 Å². The van der Waals surface area contributed by atoms with Gasteiger partial charge in [0.15, 0.2) is 5.96 Å². The minimum atomic E-state index is -3.20. The second-order valence-corrected chi connectivity index (χ2v) is 5.31. The van der Waals surface area contributed by atoms with Gasteiger partial charge in [0.1, 0.15) is 0 Å². The molecule has 0 unspecified atom stereocenters. The number of guanidine groups is 1. The molecule has 0 aliphatic carbocycles. The van der Waals surface area contributed by atoms with Crippen molar-refractivity contribution in [3.63, 3.8) is 0 Å². The monoisotopic (exact) mass is 236 g/mol. The molecule has 0 atom stereocenters. The molecule has 0 saturated heterocycles. The fourth-order valence-corrected chi connectivity index (χ4v) is 1.84. The summed E-state index contributed by atoms with van der Waals surface area (Å²) in [4.78, 5) is 3.90. The smallest absolute Gasteiger partial charge is 0.213 e. The Morgan fingerprint density at radius 1 is 1.47 bits per heavy atom. The van der Waals surface area contributed by atoms with Crippen LogP contribution in [0.1, 0.15) is 20.8 Å². The lowest BCUT2D eigenvalue weighted by atomic mass is 10.4. The molecular formula is C8H20N4O2S. The zero-order valence-corrected chi connectivity index (χ0v) is 10.3. The van der Waals surface area contributed by atoms with E-state index in [0.717, 1.165) is 0 Å². The van der Waals surface area contributed by atoms with Crippen LogP contribution in [-0.2, 0) is 10.0 Å². The predicted octanol–water partition coefficient (Wildman–Crippen LogP) is -0.762. The van der Waals surface area contributed by atoms with Crippen molar-refractivity contribution >= 4 is 16.0 Å². The van der Waals surface area contributed by atoms with Crippen LogP contribution in [-0.4, -0.2) is 39.3 Å². The Labute approximate surface area is 91.4 Å². The number of nitrogens with two attached hydrogens (primary N) is 1. The van der Waals surface area contributed by atoms with E-state index in [1.165, 1.54) is 0 Å². The molecule has 0 aliphatic heterocycles. The van der Waals surface area contributed by atoms with Crippen LogP contribution in [0.2, 0.25) is 0 Å². The summed E-state index contributed by atoms with van der Waals surface area (Å²) < 4.78 is 24.8. The molecule has 0 aliphatic rings. The summed E-state index contributed by atoms with van der Waals surface area (Å²) in [6.07, 6.45) is 0. The zero-order chi connectivity index (χ0) is 11.9. The maximum absolute atomic E-state index is 11.2. The fraction of sp³-hybridized carbons (Fsp3) is 0.875. The normalized spacial score (nSPS) is 13.2. The molecule has 0 aromatic rings.